The Labute approximate surface area is 159 Å². The number of amides is 2. The minimum atomic E-state index is -0.531. The molecule has 2 amide bonds. The van der Waals surface area contributed by atoms with E-state index in [-0.39, 0.29) is 17.2 Å². The van der Waals surface area contributed by atoms with Gasteiger partial charge in [0.15, 0.2) is 5.16 Å². The summed E-state index contributed by atoms with van der Waals surface area (Å²) in [7, 11) is 0. The molecule has 8 heteroatoms. The van der Waals surface area contributed by atoms with Gasteiger partial charge in [0, 0.05) is 22.9 Å². The maximum absolute atomic E-state index is 12.1. The zero-order chi connectivity index (χ0) is 19.2. The Balaban J connectivity index is 1.64. The third-order valence-electron chi connectivity index (χ3n) is 3.58. The van der Waals surface area contributed by atoms with Gasteiger partial charge in [-0.3, -0.25) is 14.4 Å². The topological polar surface area (TPSA) is 118 Å². The second-order valence-electron chi connectivity index (χ2n) is 5.58. The van der Waals surface area contributed by atoms with Gasteiger partial charge in [-0.25, -0.2) is 4.98 Å². The Hall–Kier alpha value is -3.39. The minimum Gasteiger partial charge on any atom is -0.366 e. The SMILES string of the molecule is NC(=O)c1ccc(NC(=O)CSc2nc(-c3ccccc3)cc(=O)[nH]2)cc1. The summed E-state index contributed by atoms with van der Waals surface area (Å²) in [6.07, 6.45) is 0. The predicted octanol–water partition coefficient (Wildman–Crippen LogP) is 2.27. The maximum Gasteiger partial charge on any atom is 0.252 e. The van der Waals surface area contributed by atoms with E-state index in [1.54, 1.807) is 12.1 Å². The van der Waals surface area contributed by atoms with Crippen molar-refractivity contribution in [3.63, 3.8) is 0 Å². The van der Waals surface area contributed by atoms with Gasteiger partial charge in [0.25, 0.3) is 5.56 Å². The van der Waals surface area contributed by atoms with Crippen molar-refractivity contribution < 1.29 is 9.59 Å². The van der Waals surface area contributed by atoms with Crippen LogP contribution in [0.25, 0.3) is 11.3 Å². The summed E-state index contributed by atoms with van der Waals surface area (Å²) in [6, 6.07) is 17.0. The van der Waals surface area contributed by atoms with Crippen molar-refractivity contribution >= 4 is 29.3 Å². The Bertz CT molecular complexity index is 1020. The summed E-state index contributed by atoms with van der Waals surface area (Å²) < 4.78 is 0. The minimum absolute atomic E-state index is 0.0682. The van der Waals surface area contributed by atoms with Crippen molar-refractivity contribution in [1.29, 1.82) is 0 Å². The lowest BCUT2D eigenvalue weighted by atomic mass is 10.1. The molecule has 2 aromatic carbocycles. The summed E-state index contributed by atoms with van der Waals surface area (Å²) in [5.41, 5.74) is 7.17. The largest absolute Gasteiger partial charge is 0.366 e. The summed E-state index contributed by atoms with van der Waals surface area (Å²) >= 11 is 1.13. The second-order valence-corrected chi connectivity index (χ2v) is 6.54. The van der Waals surface area contributed by atoms with Crippen molar-refractivity contribution in [3.8, 4) is 11.3 Å². The first kappa shape index (κ1) is 18.4. The maximum atomic E-state index is 12.1. The molecule has 0 bridgehead atoms. The number of carbonyl (C=O) groups excluding carboxylic acids is 2. The van der Waals surface area contributed by atoms with E-state index in [9.17, 15) is 14.4 Å². The van der Waals surface area contributed by atoms with Gasteiger partial charge in [0.1, 0.15) is 0 Å². The van der Waals surface area contributed by atoms with Crippen LogP contribution in [-0.2, 0) is 4.79 Å². The smallest absolute Gasteiger partial charge is 0.252 e. The molecule has 0 fully saturated rings. The van der Waals surface area contributed by atoms with Crippen LogP contribution >= 0.6 is 11.8 Å². The second kappa shape index (κ2) is 8.33. The van der Waals surface area contributed by atoms with Crippen LogP contribution in [0.15, 0.2) is 70.6 Å². The molecule has 0 saturated carbocycles. The van der Waals surface area contributed by atoms with E-state index >= 15 is 0 Å². The highest BCUT2D eigenvalue weighted by Gasteiger charge is 2.08. The Morgan fingerprint density at radius 3 is 2.44 bits per heavy atom. The molecule has 0 atom stereocenters. The van der Waals surface area contributed by atoms with Gasteiger partial charge in [-0.2, -0.15) is 0 Å². The first-order chi connectivity index (χ1) is 13.0. The van der Waals surface area contributed by atoms with E-state index < -0.39 is 5.91 Å². The molecule has 0 aliphatic rings. The summed E-state index contributed by atoms with van der Waals surface area (Å²) in [5.74, 6) is -0.727. The fourth-order valence-electron chi connectivity index (χ4n) is 2.31. The van der Waals surface area contributed by atoms with Crippen LogP contribution in [0.4, 0.5) is 5.69 Å². The number of nitrogens with zero attached hydrogens (tertiary/aromatic N) is 1. The summed E-state index contributed by atoms with van der Waals surface area (Å²) in [5, 5.41) is 3.07. The lowest BCUT2D eigenvalue weighted by Gasteiger charge is -2.06. The first-order valence-electron chi connectivity index (χ1n) is 8.00. The normalized spacial score (nSPS) is 10.4. The third-order valence-corrected chi connectivity index (χ3v) is 4.46. The molecule has 3 aromatic rings. The van der Waals surface area contributed by atoms with E-state index in [4.69, 9.17) is 5.73 Å². The molecule has 7 nitrogen and oxygen atoms in total. The predicted molar refractivity (Wildman–Crippen MR) is 105 cm³/mol. The molecular weight excluding hydrogens is 364 g/mol. The van der Waals surface area contributed by atoms with Crippen LogP contribution in [0.2, 0.25) is 0 Å². The molecule has 0 spiro atoms. The molecule has 136 valence electrons. The van der Waals surface area contributed by atoms with E-state index in [0.29, 0.717) is 22.1 Å². The number of benzene rings is 2. The standard InChI is InChI=1S/C19H16N4O3S/c20-18(26)13-6-8-14(9-7-13)21-17(25)11-27-19-22-15(10-16(24)23-19)12-4-2-1-3-5-12/h1-10H,11H2,(H2,20,26)(H,21,25)(H,22,23,24). The van der Waals surface area contributed by atoms with E-state index in [0.717, 1.165) is 17.3 Å². The average molecular weight is 380 g/mol. The highest BCUT2D eigenvalue weighted by atomic mass is 32.2. The molecule has 3 rings (SSSR count). The van der Waals surface area contributed by atoms with E-state index in [2.05, 4.69) is 15.3 Å². The number of hydrogen-bond donors (Lipinski definition) is 3. The monoisotopic (exact) mass is 380 g/mol. The van der Waals surface area contributed by atoms with Crippen molar-refractivity contribution in [3.05, 3.63) is 76.6 Å². The van der Waals surface area contributed by atoms with Crippen molar-refractivity contribution in [2.45, 2.75) is 5.16 Å². The van der Waals surface area contributed by atoms with Crippen LogP contribution in [0, 0.1) is 0 Å². The van der Waals surface area contributed by atoms with Gasteiger partial charge in [0.2, 0.25) is 11.8 Å². The van der Waals surface area contributed by atoms with Gasteiger partial charge in [0.05, 0.1) is 11.4 Å². The zero-order valence-corrected chi connectivity index (χ0v) is 15.0. The highest BCUT2D eigenvalue weighted by molar-refractivity contribution is 7.99. The first-order valence-corrected chi connectivity index (χ1v) is 8.99. The summed E-state index contributed by atoms with van der Waals surface area (Å²) in [4.78, 5) is 42.0. The molecular formula is C19H16N4O3S. The number of aromatic amines is 1. The van der Waals surface area contributed by atoms with Crippen LogP contribution in [-0.4, -0.2) is 27.5 Å². The van der Waals surface area contributed by atoms with Crippen molar-refractivity contribution in [2.24, 2.45) is 5.73 Å². The Morgan fingerprint density at radius 1 is 1.07 bits per heavy atom. The fourth-order valence-corrected chi connectivity index (χ4v) is 2.98. The van der Waals surface area contributed by atoms with Gasteiger partial charge < -0.3 is 16.0 Å². The van der Waals surface area contributed by atoms with Crippen molar-refractivity contribution in [2.75, 3.05) is 11.1 Å². The van der Waals surface area contributed by atoms with Gasteiger partial charge >= 0.3 is 0 Å². The number of primary amides is 1. The Kier molecular flexibility index (Phi) is 5.68. The lowest BCUT2D eigenvalue weighted by molar-refractivity contribution is -0.113. The fraction of sp³-hybridized carbons (Fsp3) is 0.0526. The molecule has 0 unspecified atom stereocenters. The highest BCUT2D eigenvalue weighted by Crippen LogP contribution is 2.19. The molecule has 4 N–H and O–H groups in total. The van der Waals surface area contributed by atoms with Crippen LogP contribution < -0.4 is 16.6 Å². The van der Waals surface area contributed by atoms with Gasteiger partial charge in [-0.1, -0.05) is 42.1 Å². The quantitative estimate of drug-likeness (QED) is 0.448. The number of H-pyrrole nitrogens is 1. The molecule has 0 aliphatic carbocycles. The molecule has 0 radical (unpaired) electrons. The average Bonchev–Trinajstić information content (AvgIpc) is 2.67. The molecule has 27 heavy (non-hydrogen) atoms. The van der Waals surface area contributed by atoms with Crippen LogP contribution in [0.1, 0.15) is 10.4 Å². The third kappa shape index (κ3) is 5.05. The number of rotatable bonds is 6. The number of carbonyl (C=O) groups is 2. The number of hydrogen-bond acceptors (Lipinski definition) is 5. The van der Waals surface area contributed by atoms with E-state index in [1.807, 2.05) is 30.3 Å². The molecule has 1 heterocycles. The van der Waals surface area contributed by atoms with Crippen LogP contribution in [0.5, 0.6) is 0 Å². The lowest BCUT2D eigenvalue weighted by Crippen LogP contribution is -2.16. The van der Waals surface area contributed by atoms with Gasteiger partial charge in [-0.05, 0) is 24.3 Å². The van der Waals surface area contributed by atoms with E-state index in [1.165, 1.54) is 18.2 Å². The molecule has 1 aromatic heterocycles. The molecule has 0 saturated heterocycles. The van der Waals surface area contributed by atoms with Gasteiger partial charge in [-0.15, -0.1) is 0 Å². The number of aromatic nitrogens is 2. The number of nitrogens with two attached hydrogens (primary N) is 1. The van der Waals surface area contributed by atoms with Crippen molar-refractivity contribution in [1.82, 2.24) is 9.97 Å². The summed E-state index contributed by atoms with van der Waals surface area (Å²) in [6.45, 7) is 0. The zero-order valence-electron chi connectivity index (χ0n) is 14.1. The number of nitrogens with one attached hydrogen (secondary N) is 2. The molecule has 0 aliphatic heterocycles. The van der Waals surface area contributed by atoms with Crippen LogP contribution in [0.3, 0.4) is 0 Å². The Morgan fingerprint density at radius 2 is 1.78 bits per heavy atom. The number of anilines is 1. The number of thioether (sulfide) groups is 1.